The molecule has 2 rings (SSSR count). The maximum Gasteiger partial charge on any atom is 0.356 e. The predicted octanol–water partition coefficient (Wildman–Crippen LogP) is 1.74. The Bertz CT molecular complexity index is 358. The normalized spacial score (nSPS) is 16.2. The van der Waals surface area contributed by atoms with Gasteiger partial charge < -0.3 is 9.84 Å². The SMILES string of the molecule is O=C(O)c1ccc(OCC2CCCC2)nn1. The molecule has 1 aromatic rings. The number of carboxylic acid groups (broad SMARTS) is 1. The van der Waals surface area contributed by atoms with E-state index in [2.05, 4.69) is 10.2 Å². The highest BCUT2D eigenvalue weighted by Crippen LogP contribution is 2.25. The maximum atomic E-state index is 10.5. The molecule has 0 aliphatic heterocycles. The fourth-order valence-corrected chi connectivity index (χ4v) is 1.89. The zero-order valence-electron chi connectivity index (χ0n) is 8.93. The van der Waals surface area contributed by atoms with E-state index in [-0.39, 0.29) is 5.69 Å². The number of hydrogen-bond acceptors (Lipinski definition) is 4. The molecule has 1 N–H and O–H groups in total. The van der Waals surface area contributed by atoms with Gasteiger partial charge in [-0.3, -0.25) is 0 Å². The zero-order valence-corrected chi connectivity index (χ0v) is 8.93. The molecular weight excluding hydrogens is 208 g/mol. The maximum absolute atomic E-state index is 10.5. The van der Waals surface area contributed by atoms with Crippen molar-refractivity contribution in [2.24, 2.45) is 5.92 Å². The first-order valence-corrected chi connectivity index (χ1v) is 5.45. The highest BCUT2D eigenvalue weighted by Gasteiger charge is 2.15. The molecule has 16 heavy (non-hydrogen) atoms. The van der Waals surface area contributed by atoms with Crippen LogP contribution in [-0.4, -0.2) is 27.9 Å². The van der Waals surface area contributed by atoms with E-state index in [9.17, 15) is 4.79 Å². The standard InChI is InChI=1S/C11H14N2O3/c14-11(15)9-5-6-10(13-12-9)16-7-8-3-1-2-4-8/h5-6,8H,1-4,7H2,(H,14,15). The summed E-state index contributed by atoms with van der Waals surface area (Å²) in [4.78, 5) is 10.5. The van der Waals surface area contributed by atoms with Crippen LogP contribution in [0.4, 0.5) is 0 Å². The Morgan fingerprint density at radius 3 is 2.69 bits per heavy atom. The van der Waals surface area contributed by atoms with Crippen molar-refractivity contribution in [2.75, 3.05) is 6.61 Å². The van der Waals surface area contributed by atoms with Crippen LogP contribution in [0.25, 0.3) is 0 Å². The van der Waals surface area contributed by atoms with Gasteiger partial charge in [-0.1, -0.05) is 12.8 Å². The number of rotatable bonds is 4. The van der Waals surface area contributed by atoms with E-state index in [4.69, 9.17) is 9.84 Å². The van der Waals surface area contributed by atoms with Crippen molar-refractivity contribution in [1.82, 2.24) is 10.2 Å². The molecule has 0 spiro atoms. The average molecular weight is 222 g/mol. The van der Waals surface area contributed by atoms with Gasteiger partial charge in [0.25, 0.3) is 0 Å². The lowest BCUT2D eigenvalue weighted by Crippen LogP contribution is -2.10. The van der Waals surface area contributed by atoms with Crippen LogP contribution < -0.4 is 4.74 Å². The van der Waals surface area contributed by atoms with Crippen molar-refractivity contribution in [3.8, 4) is 5.88 Å². The van der Waals surface area contributed by atoms with Crippen LogP contribution >= 0.6 is 0 Å². The molecule has 1 fully saturated rings. The van der Waals surface area contributed by atoms with Crippen molar-refractivity contribution in [3.63, 3.8) is 0 Å². The Balaban J connectivity index is 1.87. The summed E-state index contributed by atoms with van der Waals surface area (Å²) >= 11 is 0. The number of ether oxygens (including phenoxy) is 1. The topological polar surface area (TPSA) is 72.3 Å². The number of hydrogen-bond donors (Lipinski definition) is 1. The number of aromatic carboxylic acids is 1. The summed E-state index contributed by atoms with van der Waals surface area (Å²) in [6.45, 7) is 0.654. The fraction of sp³-hybridized carbons (Fsp3) is 0.545. The third-order valence-corrected chi connectivity index (χ3v) is 2.80. The third-order valence-electron chi connectivity index (χ3n) is 2.80. The summed E-state index contributed by atoms with van der Waals surface area (Å²) in [5.41, 5.74) is -0.0618. The minimum absolute atomic E-state index is 0.0618. The smallest absolute Gasteiger partial charge is 0.356 e. The second kappa shape index (κ2) is 4.92. The van der Waals surface area contributed by atoms with E-state index in [1.165, 1.54) is 31.7 Å². The summed E-state index contributed by atoms with van der Waals surface area (Å²) in [5, 5.41) is 15.9. The largest absolute Gasteiger partial charge is 0.476 e. The molecule has 0 amide bonds. The summed E-state index contributed by atoms with van der Waals surface area (Å²) < 4.78 is 5.46. The molecule has 0 unspecified atom stereocenters. The summed E-state index contributed by atoms with van der Waals surface area (Å²) in [5.74, 6) is -0.0623. The molecule has 1 saturated carbocycles. The van der Waals surface area contributed by atoms with E-state index in [1.807, 2.05) is 0 Å². The van der Waals surface area contributed by atoms with Gasteiger partial charge >= 0.3 is 5.97 Å². The molecule has 5 nitrogen and oxygen atoms in total. The van der Waals surface area contributed by atoms with Gasteiger partial charge in [-0.05, 0) is 24.8 Å². The predicted molar refractivity (Wildman–Crippen MR) is 56.4 cm³/mol. The van der Waals surface area contributed by atoms with Gasteiger partial charge in [0.2, 0.25) is 5.88 Å². The molecule has 0 saturated heterocycles. The van der Waals surface area contributed by atoms with E-state index < -0.39 is 5.97 Å². The number of nitrogens with zero attached hydrogens (tertiary/aromatic N) is 2. The van der Waals surface area contributed by atoms with Crippen LogP contribution in [0.2, 0.25) is 0 Å². The van der Waals surface area contributed by atoms with Crippen LogP contribution in [-0.2, 0) is 0 Å². The second-order valence-electron chi connectivity index (χ2n) is 4.02. The zero-order chi connectivity index (χ0) is 11.4. The lowest BCUT2D eigenvalue weighted by molar-refractivity contribution is 0.0689. The van der Waals surface area contributed by atoms with Crippen LogP contribution in [0.3, 0.4) is 0 Å². The number of aromatic nitrogens is 2. The van der Waals surface area contributed by atoms with Gasteiger partial charge in [-0.15, -0.1) is 10.2 Å². The highest BCUT2D eigenvalue weighted by molar-refractivity contribution is 5.84. The van der Waals surface area contributed by atoms with E-state index >= 15 is 0 Å². The molecule has 1 aliphatic carbocycles. The van der Waals surface area contributed by atoms with Crippen LogP contribution in [0.15, 0.2) is 12.1 Å². The van der Waals surface area contributed by atoms with Crippen molar-refractivity contribution in [2.45, 2.75) is 25.7 Å². The molecule has 0 bridgehead atoms. The van der Waals surface area contributed by atoms with Crippen molar-refractivity contribution < 1.29 is 14.6 Å². The summed E-state index contributed by atoms with van der Waals surface area (Å²) in [7, 11) is 0. The van der Waals surface area contributed by atoms with Gasteiger partial charge in [0.05, 0.1) is 6.61 Å². The van der Waals surface area contributed by atoms with Crippen molar-refractivity contribution in [3.05, 3.63) is 17.8 Å². The molecule has 1 heterocycles. The Hall–Kier alpha value is -1.65. The average Bonchev–Trinajstić information content (AvgIpc) is 2.80. The second-order valence-corrected chi connectivity index (χ2v) is 4.02. The van der Waals surface area contributed by atoms with Crippen molar-refractivity contribution >= 4 is 5.97 Å². The lowest BCUT2D eigenvalue weighted by Gasteiger charge is -2.09. The van der Waals surface area contributed by atoms with E-state index in [0.29, 0.717) is 18.4 Å². The lowest BCUT2D eigenvalue weighted by atomic mass is 10.1. The van der Waals surface area contributed by atoms with Gasteiger partial charge in [-0.25, -0.2) is 4.79 Å². The summed E-state index contributed by atoms with van der Waals surface area (Å²) in [6, 6.07) is 2.95. The van der Waals surface area contributed by atoms with Gasteiger partial charge in [-0.2, -0.15) is 0 Å². The monoisotopic (exact) mass is 222 g/mol. The Kier molecular flexibility index (Phi) is 3.34. The van der Waals surface area contributed by atoms with Crippen LogP contribution in [0.5, 0.6) is 5.88 Å². The number of carboxylic acids is 1. The third kappa shape index (κ3) is 2.68. The fourth-order valence-electron chi connectivity index (χ4n) is 1.89. The van der Waals surface area contributed by atoms with E-state index in [1.54, 1.807) is 6.07 Å². The van der Waals surface area contributed by atoms with Gasteiger partial charge in [0.15, 0.2) is 5.69 Å². The molecule has 1 aliphatic rings. The first-order valence-electron chi connectivity index (χ1n) is 5.45. The number of carbonyl (C=O) groups is 1. The molecule has 0 aromatic carbocycles. The first-order chi connectivity index (χ1) is 7.75. The van der Waals surface area contributed by atoms with Crippen LogP contribution in [0.1, 0.15) is 36.2 Å². The molecule has 0 radical (unpaired) electrons. The Morgan fingerprint density at radius 2 is 2.12 bits per heavy atom. The minimum Gasteiger partial charge on any atom is -0.476 e. The molecule has 5 heteroatoms. The molecule has 86 valence electrons. The van der Waals surface area contributed by atoms with Crippen LogP contribution in [0, 0.1) is 5.92 Å². The Labute approximate surface area is 93.5 Å². The quantitative estimate of drug-likeness (QED) is 0.840. The molecular formula is C11H14N2O3. The van der Waals surface area contributed by atoms with Gasteiger partial charge in [0.1, 0.15) is 0 Å². The van der Waals surface area contributed by atoms with Gasteiger partial charge in [0, 0.05) is 6.07 Å². The molecule has 1 aromatic heterocycles. The minimum atomic E-state index is -1.07. The van der Waals surface area contributed by atoms with E-state index in [0.717, 1.165) is 0 Å². The van der Waals surface area contributed by atoms with Crippen molar-refractivity contribution in [1.29, 1.82) is 0 Å². The Morgan fingerprint density at radius 1 is 1.38 bits per heavy atom. The first kappa shape index (κ1) is 10.9. The molecule has 0 atom stereocenters. The summed E-state index contributed by atoms with van der Waals surface area (Å²) in [6.07, 6.45) is 4.97. The highest BCUT2D eigenvalue weighted by atomic mass is 16.5.